The zero-order chi connectivity index (χ0) is 17.2. The molecule has 3 rings (SSSR count). The molecule has 0 spiro atoms. The Kier molecular flexibility index (Phi) is 5.55. The van der Waals surface area contributed by atoms with Crippen LogP contribution in [-0.2, 0) is 9.53 Å². The average molecular weight is 373 g/mol. The van der Waals surface area contributed by atoms with Crippen LogP contribution in [0.4, 0.5) is 0 Å². The Hall–Kier alpha value is -1.01. The van der Waals surface area contributed by atoms with Crippen LogP contribution < -0.4 is 10.1 Å². The number of hydrogen-bond donors (Lipinski definition) is 1. The smallest absolute Gasteiger partial charge is 0.255 e. The molecule has 0 aromatic heterocycles. The van der Waals surface area contributed by atoms with Gasteiger partial charge in [-0.15, -0.1) is 0 Å². The monoisotopic (exact) mass is 372 g/mol. The van der Waals surface area contributed by atoms with Crippen LogP contribution >= 0.6 is 23.2 Å². The molecule has 0 aliphatic carbocycles. The summed E-state index contributed by atoms with van der Waals surface area (Å²) in [5.74, 6) is 0.749. The van der Waals surface area contributed by atoms with Gasteiger partial charge in [-0.05, 0) is 38.1 Å². The third-order valence-corrected chi connectivity index (χ3v) is 5.56. The lowest BCUT2D eigenvalue weighted by atomic mass is 9.90. The van der Waals surface area contributed by atoms with Gasteiger partial charge in [-0.1, -0.05) is 23.2 Å². The van der Waals surface area contributed by atoms with Gasteiger partial charge in [0.2, 0.25) is 0 Å². The van der Waals surface area contributed by atoms with Crippen molar-refractivity contribution in [3.8, 4) is 5.75 Å². The number of methoxy groups -OCH3 is 1. The first-order valence-electron chi connectivity index (χ1n) is 8.21. The van der Waals surface area contributed by atoms with E-state index >= 15 is 0 Å². The van der Waals surface area contributed by atoms with Crippen molar-refractivity contribution in [3.05, 3.63) is 28.2 Å². The topological polar surface area (TPSA) is 50.8 Å². The summed E-state index contributed by atoms with van der Waals surface area (Å²) in [5, 5.41) is 4.24. The number of carbonyl (C=O) groups excluding carboxylic acids is 1. The van der Waals surface area contributed by atoms with E-state index in [1.54, 1.807) is 25.3 Å². The fourth-order valence-corrected chi connectivity index (χ4v) is 3.66. The van der Waals surface area contributed by atoms with Crippen molar-refractivity contribution in [2.45, 2.75) is 31.0 Å². The first kappa shape index (κ1) is 17.8. The Labute approximate surface area is 152 Å². The van der Waals surface area contributed by atoms with Gasteiger partial charge in [0.15, 0.2) is 0 Å². The standard InChI is InChI=1S/C17H22Cl2N2O3/c1-23-17(5-7-20-8-6-17)16(22)21-9-4-13(11-21)24-12-2-3-14(18)15(19)10-12/h2-3,10,13,20H,4-9,11H2,1H3. The lowest BCUT2D eigenvalue weighted by molar-refractivity contribution is -0.157. The summed E-state index contributed by atoms with van der Waals surface area (Å²) in [7, 11) is 1.63. The molecule has 2 fully saturated rings. The van der Waals surface area contributed by atoms with E-state index in [1.807, 2.05) is 4.90 Å². The van der Waals surface area contributed by atoms with E-state index in [9.17, 15) is 4.79 Å². The second kappa shape index (κ2) is 7.48. The molecule has 5 nitrogen and oxygen atoms in total. The van der Waals surface area contributed by atoms with E-state index in [0.717, 1.165) is 19.5 Å². The highest BCUT2D eigenvalue weighted by molar-refractivity contribution is 6.42. The molecule has 2 aliphatic rings. The zero-order valence-electron chi connectivity index (χ0n) is 13.7. The molecule has 1 unspecified atom stereocenters. The maximum atomic E-state index is 12.9. The van der Waals surface area contributed by atoms with E-state index < -0.39 is 5.60 Å². The SMILES string of the molecule is COC1(C(=O)N2CCC(Oc3ccc(Cl)c(Cl)c3)C2)CCNCC1. The van der Waals surface area contributed by atoms with Crippen molar-refractivity contribution in [2.75, 3.05) is 33.3 Å². The van der Waals surface area contributed by atoms with Gasteiger partial charge in [-0.3, -0.25) is 4.79 Å². The molecule has 0 radical (unpaired) electrons. The fourth-order valence-electron chi connectivity index (χ4n) is 3.38. The van der Waals surface area contributed by atoms with Crippen LogP contribution in [-0.4, -0.2) is 55.8 Å². The molecule has 7 heteroatoms. The van der Waals surface area contributed by atoms with Gasteiger partial charge in [0, 0.05) is 26.1 Å². The van der Waals surface area contributed by atoms with Crippen molar-refractivity contribution >= 4 is 29.1 Å². The Morgan fingerprint density at radius 3 is 2.71 bits per heavy atom. The van der Waals surface area contributed by atoms with Crippen LogP contribution in [0.1, 0.15) is 19.3 Å². The Morgan fingerprint density at radius 2 is 2.04 bits per heavy atom. The van der Waals surface area contributed by atoms with Gasteiger partial charge in [-0.2, -0.15) is 0 Å². The summed E-state index contributed by atoms with van der Waals surface area (Å²) >= 11 is 11.9. The lowest BCUT2D eigenvalue weighted by Gasteiger charge is -2.37. The van der Waals surface area contributed by atoms with Gasteiger partial charge in [0.1, 0.15) is 17.5 Å². The van der Waals surface area contributed by atoms with Crippen LogP contribution in [0, 0.1) is 0 Å². The minimum atomic E-state index is -0.691. The first-order valence-corrected chi connectivity index (χ1v) is 8.97. The molecule has 0 saturated carbocycles. The number of ether oxygens (including phenoxy) is 2. The van der Waals surface area contributed by atoms with Crippen molar-refractivity contribution in [3.63, 3.8) is 0 Å². The second-order valence-corrected chi connectivity index (χ2v) is 7.12. The maximum absolute atomic E-state index is 12.9. The molecule has 24 heavy (non-hydrogen) atoms. The zero-order valence-corrected chi connectivity index (χ0v) is 15.2. The normalized spacial score (nSPS) is 23.3. The molecule has 1 N–H and O–H groups in total. The summed E-state index contributed by atoms with van der Waals surface area (Å²) in [6, 6.07) is 5.21. The van der Waals surface area contributed by atoms with Crippen molar-refractivity contribution in [2.24, 2.45) is 0 Å². The molecule has 2 aliphatic heterocycles. The minimum absolute atomic E-state index is 0.0400. The highest BCUT2D eigenvalue weighted by Gasteiger charge is 2.44. The largest absolute Gasteiger partial charge is 0.488 e. The van der Waals surface area contributed by atoms with E-state index in [-0.39, 0.29) is 12.0 Å². The molecule has 0 bridgehead atoms. The van der Waals surface area contributed by atoms with Crippen LogP contribution in [0.5, 0.6) is 5.75 Å². The van der Waals surface area contributed by atoms with Gasteiger partial charge < -0.3 is 19.7 Å². The van der Waals surface area contributed by atoms with Crippen LogP contribution in [0.2, 0.25) is 10.0 Å². The quantitative estimate of drug-likeness (QED) is 0.882. The highest BCUT2D eigenvalue weighted by atomic mass is 35.5. The summed E-state index contributed by atoms with van der Waals surface area (Å²) in [4.78, 5) is 14.8. The number of nitrogens with zero attached hydrogens (tertiary/aromatic N) is 1. The van der Waals surface area contributed by atoms with Crippen LogP contribution in [0.3, 0.4) is 0 Å². The van der Waals surface area contributed by atoms with Crippen molar-refractivity contribution in [1.29, 1.82) is 0 Å². The third-order valence-electron chi connectivity index (χ3n) is 4.82. The first-order chi connectivity index (χ1) is 11.5. The number of rotatable bonds is 4. The van der Waals surface area contributed by atoms with E-state index in [4.69, 9.17) is 32.7 Å². The molecular formula is C17H22Cl2N2O3. The number of carbonyl (C=O) groups is 1. The predicted molar refractivity (Wildman–Crippen MR) is 93.9 cm³/mol. The summed E-state index contributed by atoms with van der Waals surface area (Å²) in [5.41, 5.74) is -0.691. The molecule has 1 amide bonds. The fraction of sp³-hybridized carbons (Fsp3) is 0.588. The van der Waals surface area contributed by atoms with Crippen LogP contribution in [0.25, 0.3) is 0 Å². The summed E-state index contributed by atoms with van der Waals surface area (Å²) < 4.78 is 11.6. The van der Waals surface area contributed by atoms with Crippen molar-refractivity contribution < 1.29 is 14.3 Å². The molecular weight excluding hydrogens is 351 g/mol. The number of likely N-dealkylation sites (tertiary alicyclic amines) is 1. The van der Waals surface area contributed by atoms with Gasteiger partial charge >= 0.3 is 0 Å². The predicted octanol–water partition coefficient (Wildman–Crippen LogP) is 2.74. The average Bonchev–Trinajstić information content (AvgIpc) is 3.06. The van der Waals surface area contributed by atoms with Gasteiger partial charge in [-0.25, -0.2) is 0 Å². The van der Waals surface area contributed by atoms with E-state index in [1.165, 1.54) is 0 Å². The Balaban J connectivity index is 1.62. The van der Waals surface area contributed by atoms with Gasteiger partial charge in [0.25, 0.3) is 5.91 Å². The second-order valence-electron chi connectivity index (χ2n) is 6.30. The number of benzene rings is 1. The number of nitrogens with one attached hydrogen (secondary N) is 1. The third kappa shape index (κ3) is 3.64. The molecule has 2 heterocycles. The minimum Gasteiger partial charge on any atom is -0.488 e. The van der Waals surface area contributed by atoms with Crippen LogP contribution in [0.15, 0.2) is 18.2 Å². The summed E-state index contributed by atoms with van der Waals surface area (Å²) in [6.45, 7) is 2.86. The van der Waals surface area contributed by atoms with Crippen molar-refractivity contribution in [1.82, 2.24) is 10.2 Å². The molecule has 1 atom stereocenters. The molecule has 2 saturated heterocycles. The lowest BCUT2D eigenvalue weighted by Crippen LogP contribution is -2.55. The summed E-state index contributed by atoms with van der Waals surface area (Å²) in [6.07, 6.45) is 2.17. The Morgan fingerprint density at radius 1 is 1.29 bits per heavy atom. The van der Waals surface area contributed by atoms with E-state index in [2.05, 4.69) is 5.32 Å². The number of piperidine rings is 1. The number of amides is 1. The highest BCUT2D eigenvalue weighted by Crippen LogP contribution is 2.30. The van der Waals surface area contributed by atoms with E-state index in [0.29, 0.717) is 41.7 Å². The van der Waals surface area contributed by atoms with Gasteiger partial charge in [0.05, 0.1) is 16.6 Å². The molecule has 1 aromatic carbocycles. The molecule has 132 valence electrons. The molecule has 1 aromatic rings. The number of halogens is 2. The number of hydrogen-bond acceptors (Lipinski definition) is 4. The maximum Gasteiger partial charge on any atom is 0.255 e. The Bertz CT molecular complexity index is 605.